The van der Waals surface area contributed by atoms with Gasteiger partial charge in [-0.05, 0) is 100 Å². The lowest BCUT2D eigenvalue weighted by molar-refractivity contribution is -0.181. The number of nitrogens with one attached hydrogen (secondary N) is 1. The minimum absolute atomic E-state index is 0.0629. The van der Waals surface area contributed by atoms with Crippen molar-refractivity contribution in [3.63, 3.8) is 0 Å². The van der Waals surface area contributed by atoms with Gasteiger partial charge in [0.2, 0.25) is 0 Å². The first-order valence-corrected chi connectivity index (χ1v) is 21.9. The number of likely N-dealkylation sites (N-methyl/N-ethyl adjacent to an activating group) is 1. The molecule has 0 aromatic heterocycles. The summed E-state index contributed by atoms with van der Waals surface area (Å²) in [5, 5.41) is 14.3. The summed E-state index contributed by atoms with van der Waals surface area (Å²) in [5.41, 5.74) is 9.35. The number of allylic oxidation sites excluding steroid dienone is 5. The van der Waals surface area contributed by atoms with E-state index in [1.54, 1.807) is 13.0 Å². The highest BCUT2D eigenvalue weighted by Crippen LogP contribution is 2.73. The van der Waals surface area contributed by atoms with Crippen LogP contribution in [0.2, 0.25) is 0 Å². The molecule has 12 nitrogen and oxygen atoms in total. The third-order valence-electron chi connectivity index (χ3n) is 14.3. The van der Waals surface area contributed by atoms with Crippen LogP contribution in [0.1, 0.15) is 97.8 Å². The van der Waals surface area contributed by atoms with Gasteiger partial charge in [-0.1, -0.05) is 29.4 Å². The highest BCUT2D eigenvalue weighted by Gasteiger charge is 2.84. The molecule has 12 heteroatoms. The molecular weight excluding hydrogens is 771 g/mol. The normalized spacial score (nSPS) is 30.6. The number of fused-ring (bicyclic) bond motifs is 3. The van der Waals surface area contributed by atoms with Crippen LogP contribution in [0, 0.1) is 29.1 Å². The number of piperazine rings is 1. The van der Waals surface area contributed by atoms with Gasteiger partial charge in [0.1, 0.15) is 35.3 Å². The van der Waals surface area contributed by atoms with E-state index in [1.165, 1.54) is 12.7 Å². The van der Waals surface area contributed by atoms with Crippen LogP contribution < -0.4 is 25.3 Å². The summed E-state index contributed by atoms with van der Waals surface area (Å²) in [6, 6.07) is 2.39. The fraction of sp³-hybridized carbons (Fsp3) is 0.571. The second-order valence-electron chi connectivity index (χ2n) is 19.3. The second-order valence-corrected chi connectivity index (χ2v) is 19.3. The third kappa shape index (κ3) is 6.74. The number of hydrogen-bond acceptors (Lipinski definition) is 12. The first-order chi connectivity index (χ1) is 28.9. The van der Waals surface area contributed by atoms with Crippen molar-refractivity contribution in [3.05, 3.63) is 74.7 Å². The molecular formula is C49H63N5O7. The Kier molecular flexibility index (Phi) is 10.9. The molecule has 6 atom stereocenters. The summed E-state index contributed by atoms with van der Waals surface area (Å²) in [5.74, 6) is -0.162. The Hall–Kier alpha value is -4.83. The summed E-state index contributed by atoms with van der Waals surface area (Å²) < 4.78 is 34.4. The number of hydrogen-bond donors (Lipinski definition) is 2. The van der Waals surface area contributed by atoms with Crippen molar-refractivity contribution in [2.24, 2.45) is 23.5 Å². The maximum absolute atomic E-state index is 15.4. The van der Waals surface area contributed by atoms with Crippen LogP contribution in [0.25, 0.3) is 11.8 Å². The average Bonchev–Trinajstić information content (AvgIpc) is 3.35. The van der Waals surface area contributed by atoms with E-state index in [1.807, 2.05) is 13.8 Å². The van der Waals surface area contributed by atoms with E-state index in [0.29, 0.717) is 59.1 Å². The number of benzene rings is 1. The van der Waals surface area contributed by atoms with Gasteiger partial charge in [0.05, 0.1) is 41.2 Å². The number of ether oxygens (including phenoxy) is 5. The van der Waals surface area contributed by atoms with E-state index >= 15 is 4.79 Å². The summed E-state index contributed by atoms with van der Waals surface area (Å²) >= 11 is 0. The summed E-state index contributed by atoms with van der Waals surface area (Å²) in [4.78, 5) is 33.0. The summed E-state index contributed by atoms with van der Waals surface area (Å²) in [6.07, 6.45) is 13.0. The summed E-state index contributed by atoms with van der Waals surface area (Å²) in [6.45, 7) is 21.2. The molecule has 1 aromatic rings. The zero-order chi connectivity index (χ0) is 43.8. The largest absolute Gasteiger partial charge is 0.491 e. The smallest absolute Gasteiger partial charge is 0.333 e. The number of carbonyl (C=O) groups is 2. The number of ketones is 1. The Morgan fingerprint density at radius 1 is 1.05 bits per heavy atom. The van der Waals surface area contributed by atoms with E-state index in [9.17, 15) is 10.1 Å². The fourth-order valence-corrected chi connectivity index (χ4v) is 11.2. The molecule has 1 aromatic carbocycles. The van der Waals surface area contributed by atoms with Gasteiger partial charge in [0.25, 0.3) is 0 Å². The first kappa shape index (κ1) is 42.8. The van der Waals surface area contributed by atoms with Crippen molar-refractivity contribution in [2.45, 2.75) is 110 Å². The van der Waals surface area contributed by atoms with Crippen LogP contribution >= 0.6 is 0 Å². The number of nitrogens with two attached hydrogens (primary N) is 1. The monoisotopic (exact) mass is 833 g/mol. The molecule has 3 aliphatic carbocycles. The molecule has 0 amide bonds. The van der Waals surface area contributed by atoms with Gasteiger partial charge in [-0.15, -0.1) is 0 Å². The van der Waals surface area contributed by atoms with Crippen LogP contribution in [0.5, 0.6) is 17.2 Å². The minimum Gasteiger partial charge on any atom is -0.491 e. The Morgan fingerprint density at radius 3 is 2.44 bits per heavy atom. The first-order valence-electron chi connectivity index (χ1n) is 21.9. The number of dihydropyridines is 1. The molecule has 1 spiro atoms. The molecule has 8 aliphatic rings. The molecule has 3 saturated carbocycles. The number of nitrogens with zero attached hydrogens (tertiary/aromatic N) is 3. The topological polar surface area (TPSA) is 149 Å². The van der Waals surface area contributed by atoms with E-state index in [-0.39, 0.29) is 23.9 Å². The highest BCUT2D eigenvalue weighted by molar-refractivity contribution is 6.02. The van der Waals surface area contributed by atoms with Gasteiger partial charge in [-0.25, -0.2) is 4.79 Å². The maximum atomic E-state index is 15.4. The van der Waals surface area contributed by atoms with Crippen molar-refractivity contribution in [3.8, 4) is 23.3 Å². The lowest BCUT2D eigenvalue weighted by Gasteiger charge is -2.62. The van der Waals surface area contributed by atoms with Gasteiger partial charge < -0.3 is 39.6 Å². The molecule has 5 heterocycles. The number of esters is 1. The molecule has 4 bridgehead atoms. The van der Waals surface area contributed by atoms with Crippen molar-refractivity contribution >= 4 is 23.5 Å². The van der Waals surface area contributed by atoms with Gasteiger partial charge >= 0.3 is 5.97 Å². The van der Waals surface area contributed by atoms with Gasteiger partial charge in [0, 0.05) is 73.6 Å². The fourth-order valence-electron chi connectivity index (χ4n) is 11.2. The molecule has 326 valence electrons. The van der Waals surface area contributed by atoms with Crippen LogP contribution in [0.4, 0.5) is 0 Å². The Bertz CT molecular complexity index is 2280. The minimum atomic E-state index is -1.55. The van der Waals surface area contributed by atoms with E-state index < -0.39 is 40.2 Å². The van der Waals surface area contributed by atoms with Gasteiger partial charge in [-0.2, -0.15) is 5.26 Å². The lowest BCUT2D eigenvalue weighted by atomic mass is 9.45. The second kappa shape index (κ2) is 15.5. The molecule has 5 fully saturated rings. The van der Waals surface area contributed by atoms with Gasteiger partial charge in [0.15, 0.2) is 17.0 Å². The molecule has 3 N–H and O–H groups in total. The number of methoxy groups -OCH3 is 1. The molecule has 0 radical (unpaired) electrons. The highest BCUT2D eigenvalue weighted by atomic mass is 16.6. The predicted octanol–water partition coefficient (Wildman–Crippen LogP) is 6.76. The zero-order valence-corrected chi connectivity index (χ0v) is 37.7. The van der Waals surface area contributed by atoms with Gasteiger partial charge in [-0.3, -0.25) is 9.69 Å². The standard InChI is InChI=1S/C49H63N5O7/c1-28(2)12-11-17-47(8)18-16-32-40(59-47)31(14-13-29(3)4)42-37(41(32)58-25-24-54-22-20-53(9)21-23-54)39-38-36(34(27-50)44(51)52-39)33-26-35-46(6,7)61-48(43(33)55,49(35,38)60-42)19-15-30(5)45(56)57-10/h12-13,15-16,18,33,35-36,52H,11,14,17,19-26,51H2,1-10H3/b30-15-. The van der Waals surface area contributed by atoms with Crippen LogP contribution in [0.3, 0.4) is 0 Å². The number of nitriles is 1. The molecule has 2 saturated heterocycles. The zero-order valence-electron chi connectivity index (χ0n) is 37.7. The van der Waals surface area contributed by atoms with Crippen molar-refractivity contribution in [2.75, 3.05) is 53.5 Å². The number of carbonyl (C=O) groups excluding carboxylic acids is 2. The number of Topliss-reactive ketones (excluding diaryl/α,β-unsaturated/α-hetero) is 1. The lowest BCUT2D eigenvalue weighted by Crippen LogP contribution is -2.75. The Balaban J connectivity index is 1.40. The maximum Gasteiger partial charge on any atom is 0.333 e. The molecule has 5 aliphatic heterocycles. The molecule has 6 unspecified atom stereocenters. The quantitative estimate of drug-likeness (QED) is 0.130. The molecule has 61 heavy (non-hydrogen) atoms. The Morgan fingerprint density at radius 2 is 1.77 bits per heavy atom. The van der Waals surface area contributed by atoms with Crippen LogP contribution in [0.15, 0.2) is 58.0 Å². The predicted molar refractivity (Wildman–Crippen MR) is 234 cm³/mol. The van der Waals surface area contributed by atoms with Crippen LogP contribution in [-0.4, -0.2) is 97.4 Å². The SMILES string of the molecule is COC(=O)/C(C)=C\CC12OC(C)(C)C3CC(C1=O)C1C(C#N)=C(N)NC4=C1C32Oc1c(CC=C(C)C)c2c(c(OCCN3CCN(C)CC3)c14)C=CC(C)(CCC=C(C)C)O2. The van der Waals surface area contributed by atoms with E-state index in [4.69, 9.17) is 29.4 Å². The Labute approximate surface area is 361 Å². The molecule has 9 rings (SSSR count). The van der Waals surface area contributed by atoms with Crippen molar-refractivity contribution < 1.29 is 33.3 Å². The van der Waals surface area contributed by atoms with E-state index in [2.05, 4.69) is 87.2 Å². The van der Waals surface area contributed by atoms with E-state index in [0.717, 1.165) is 67.8 Å². The average molecular weight is 834 g/mol. The van der Waals surface area contributed by atoms with Crippen molar-refractivity contribution in [1.82, 2.24) is 15.1 Å². The third-order valence-corrected chi connectivity index (χ3v) is 14.3. The summed E-state index contributed by atoms with van der Waals surface area (Å²) in [7, 11) is 3.49. The van der Waals surface area contributed by atoms with Crippen molar-refractivity contribution in [1.29, 1.82) is 5.26 Å². The number of rotatable bonds is 12. The van der Waals surface area contributed by atoms with Crippen LogP contribution in [-0.2, 0) is 25.5 Å².